The number of hydrogen-bond donors (Lipinski definition) is 0. The fourth-order valence-electron chi connectivity index (χ4n) is 3.93. The summed E-state index contributed by atoms with van der Waals surface area (Å²) in [5.74, 6) is 0.899. The van der Waals surface area contributed by atoms with Crippen LogP contribution in [0.25, 0.3) is 0 Å². The van der Waals surface area contributed by atoms with Crippen LogP contribution in [0.1, 0.15) is 29.7 Å². The highest BCUT2D eigenvalue weighted by molar-refractivity contribution is 5.79. The average Bonchev–Trinajstić information content (AvgIpc) is 2.81. The van der Waals surface area contributed by atoms with Crippen LogP contribution in [0.4, 0.5) is 0 Å². The largest absolute Gasteiger partial charge is 0.494 e. The molecule has 0 unspecified atom stereocenters. The Morgan fingerprint density at radius 2 is 1.37 bits per heavy atom. The molecule has 0 atom stereocenters. The number of rotatable bonds is 7. The molecule has 1 saturated heterocycles. The fourth-order valence-corrected chi connectivity index (χ4v) is 3.93. The molecule has 1 aliphatic heterocycles. The van der Waals surface area contributed by atoms with Gasteiger partial charge in [0.05, 0.1) is 18.9 Å². The van der Waals surface area contributed by atoms with Crippen LogP contribution in [0.2, 0.25) is 0 Å². The van der Waals surface area contributed by atoms with Crippen molar-refractivity contribution in [3.8, 4) is 5.75 Å². The average molecular weight is 400 g/mol. The molecule has 3 aromatic rings. The molecule has 0 aliphatic carbocycles. The lowest BCUT2D eigenvalue weighted by Crippen LogP contribution is -2.45. The maximum absolute atomic E-state index is 5.50. The van der Waals surface area contributed by atoms with E-state index in [1.807, 2.05) is 37.4 Å². The highest BCUT2D eigenvalue weighted by Crippen LogP contribution is 2.29. The first-order chi connectivity index (χ1) is 14.8. The second-order valence-electron chi connectivity index (χ2n) is 7.46. The van der Waals surface area contributed by atoms with Crippen LogP contribution >= 0.6 is 0 Å². The molecule has 4 heteroatoms. The van der Waals surface area contributed by atoms with Crippen LogP contribution in [0.3, 0.4) is 0 Å². The number of ether oxygens (including phenoxy) is 1. The Kier molecular flexibility index (Phi) is 6.78. The van der Waals surface area contributed by atoms with Crippen LogP contribution in [-0.4, -0.2) is 48.9 Å². The molecule has 0 spiro atoms. The van der Waals surface area contributed by atoms with Gasteiger partial charge >= 0.3 is 0 Å². The summed E-state index contributed by atoms with van der Waals surface area (Å²) in [5, 5.41) is 6.88. The van der Waals surface area contributed by atoms with Gasteiger partial charge in [0.25, 0.3) is 0 Å². The van der Waals surface area contributed by atoms with Gasteiger partial charge in [-0.1, -0.05) is 60.7 Å². The summed E-state index contributed by atoms with van der Waals surface area (Å²) in [6.45, 7) is 6.48. The zero-order chi connectivity index (χ0) is 20.6. The molecule has 0 aromatic heterocycles. The third-order valence-corrected chi connectivity index (χ3v) is 5.45. The summed E-state index contributed by atoms with van der Waals surface area (Å²) in [7, 11) is 0. The van der Waals surface area contributed by atoms with Crippen molar-refractivity contribution < 1.29 is 4.74 Å². The second kappa shape index (κ2) is 10.1. The third kappa shape index (κ3) is 5.08. The van der Waals surface area contributed by atoms with E-state index in [0.717, 1.165) is 37.5 Å². The Morgan fingerprint density at radius 1 is 0.800 bits per heavy atom. The zero-order valence-electron chi connectivity index (χ0n) is 17.5. The zero-order valence-corrected chi connectivity index (χ0v) is 17.5. The molecule has 154 valence electrons. The molecule has 0 saturated carbocycles. The van der Waals surface area contributed by atoms with Gasteiger partial charge in [-0.15, -0.1) is 0 Å². The maximum atomic E-state index is 5.50. The van der Waals surface area contributed by atoms with Gasteiger partial charge in [-0.2, -0.15) is 5.10 Å². The molecule has 3 aromatic carbocycles. The standard InChI is InChI=1S/C26H29N3O/c1-2-30-25-15-13-22(14-16-25)21-27-29-19-17-28(18-20-29)26(23-9-5-3-6-10-23)24-11-7-4-8-12-24/h3-16,21,26H,2,17-20H2,1H3/b27-21+. The van der Waals surface area contributed by atoms with Gasteiger partial charge in [-0.05, 0) is 47.9 Å². The van der Waals surface area contributed by atoms with E-state index in [1.54, 1.807) is 0 Å². The number of nitrogens with zero attached hydrogens (tertiary/aromatic N) is 3. The lowest BCUT2D eigenvalue weighted by molar-refractivity contribution is 0.113. The molecule has 4 rings (SSSR count). The monoisotopic (exact) mass is 399 g/mol. The SMILES string of the molecule is CCOc1ccc(/C=N/N2CCN(C(c3ccccc3)c3ccccc3)CC2)cc1. The van der Waals surface area contributed by atoms with Crippen molar-refractivity contribution in [1.82, 2.24) is 9.91 Å². The summed E-state index contributed by atoms with van der Waals surface area (Å²) in [6.07, 6.45) is 1.94. The molecule has 1 fully saturated rings. The van der Waals surface area contributed by atoms with E-state index in [1.165, 1.54) is 11.1 Å². The van der Waals surface area contributed by atoms with Crippen molar-refractivity contribution in [2.75, 3.05) is 32.8 Å². The number of hydrazone groups is 1. The Hall–Kier alpha value is -3.11. The van der Waals surface area contributed by atoms with E-state index < -0.39 is 0 Å². The van der Waals surface area contributed by atoms with Gasteiger partial charge in [0, 0.05) is 26.2 Å². The lowest BCUT2D eigenvalue weighted by atomic mass is 9.96. The Morgan fingerprint density at radius 3 is 1.90 bits per heavy atom. The van der Waals surface area contributed by atoms with E-state index in [2.05, 4.69) is 70.6 Å². The minimum Gasteiger partial charge on any atom is -0.494 e. The Labute approximate surface area is 179 Å². The van der Waals surface area contributed by atoms with E-state index in [4.69, 9.17) is 9.84 Å². The van der Waals surface area contributed by atoms with Crippen LogP contribution in [0, 0.1) is 0 Å². The van der Waals surface area contributed by atoms with E-state index in [9.17, 15) is 0 Å². The molecule has 1 aliphatic rings. The van der Waals surface area contributed by atoms with E-state index >= 15 is 0 Å². The molecule has 4 nitrogen and oxygen atoms in total. The van der Waals surface area contributed by atoms with Gasteiger partial charge < -0.3 is 4.74 Å². The lowest BCUT2D eigenvalue weighted by Gasteiger charge is -2.38. The van der Waals surface area contributed by atoms with E-state index in [-0.39, 0.29) is 6.04 Å². The first-order valence-electron chi connectivity index (χ1n) is 10.7. The van der Waals surface area contributed by atoms with Gasteiger partial charge in [-0.3, -0.25) is 9.91 Å². The highest BCUT2D eigenvalue weighted by atomic mass is 16.5. The molecule has 0 amide bonds. The summed E-state index contributed by atoms with van der Waals surface area (Å²) in [6, 6.07) is 30.0. The van der Waals surface area contributed by atoms with Crippen molar-refractivity contribution in [1.29, 1.82) is 0 Å². The predicted octanol–water partition coefficient (Wildman–Crippen LogP) is 4.83. The van der Waals surface area contributed by atoms with Crippen LogP contribution in [0.5, 0.6) is 5.75 Å². The van der Waals surface area contributed by atoms with Crippen molar-refractivity contribution >= 4 is 6.21 Å². The minimum atomic E-state index is 0.282. The normalized spacial score (nSPS) is 15.1. The fraction of sp³-hybridized carbons (Fsp3) is 0.269. The summed E-state index contributed by atoms with van der Waals surface area (Å²) < 4.78 is 5.50. The van der Waals surface area contributed by atoms with Crippen LogP contribution in [-0.2, 0) is 0 Å². The summed E-state index contributed by atoms with van der Waals surface area (Å²) in [5.41, 5.74) is 3.78. The Bertz CT molecular complexity index is 878. The van der Waals surface area contributed by atoms with Gasteiger partial charge in [-0.25, -0.2) is 0 Å². The third-order valence-electron chi connectivity index (χ3n) is 5.45. The van der Waals surface area contributed by atoms with Crippen LogP contribution < -0.4 is 4.74 Å². The molecule has 0 bridgehead atoms. The number of benzene rings is 3. The number of hydrogen-bond acceptors (Lipinski definition) is 4. The highest BCUT2D eigenvalue weighted by Gasteiger charge is 2.25. The summed E-state index contributed by atoms with van der Waals surface area (Å²) in [4.78, 5) is 2.56. The maximum Gasteiger partial charge on any atom is 0.119 e. The van der Waals surface area contributed by atoms with Crippen molar-refractivity contribution in [3.63, 3.8) is 0 Å². The quantitative estimate of drug-likeness (QED) is 0.533. The van der Waals surface area contributed by atoms with Crippen molar-refractivity contribution in [2.45, 2.75) is 13.0 Å². The van der Waals surface area contributed by atoms with Crippen molar-refractivity contribution in [3.05, 3.63) is 102 Å². The Balaban J connectivity index is 1.41. The molecule has 30 heavy (non-hydrogen) atoms. The molecular formula is C26H29N3O. The van der Waals surface area contributed by atoms with Gasteiger partial charge in [0.1, 0.15) is 5.75 Å². The molecule has 0 N–H and O–H groups in total. The molecular weight excluding hydrogens is 370 g/mol. The van der Waals surface area contributed by atoms with Gasteiger partial charge in [0.15, 0.2) is 0 Å². The smallest absolute Gasteiger partial charge is 0.119 e. The van der Waals surface area contributed by atoms with E-state index in [0.29, 0.717) is 6.61 Å². The predicted molar refractivity (Wildman–Crippen MR) is 123 cm³/mol. The minimum absolute atomic E-state index is 0.282. The molecule has 1 heterocycles. The molecule has 0 radical (unpaired) electrons. The second-order valence-corrected chi connectivity index (χ2v) is 7.46. The number of piperazine rings is 1. The summed E-state index contributed by atoms with van der Waals surface area (Å²) >= 11 is 0. The van der Waals surface area contributed by atoms with Crippen LogP contribution in [0.15, 0.2) is 90.0 Å². The van der Waals surface area contributed by atoms with Crippen molar-refractivity contribution in [2.24, 2.45) is 5.10 Å². The van der Waals surface area contributed by atoms with Gasteiger partial charge in [0.2, 0.25) is 0 Å². The first kappa shape index (κ1) is 20.2. The topological polar surface area (TPSA) is 28.1 Å². The first-order valence-corrected chi connectivity index (χ1v) is 10.7.